The molecule has 1 aromatic carbocycles. The molecule has 2 amide bonds. The van der Waals surface area contributed by atoms with Crippen LogP contribution in [0.5, 0.6) is 0 Å². The summed E-state index contributed by atoms with van der Waals surface area (Å²) in [5.41, 5.74) is 0.591. The first-order valence-electron chi connectivity index (χ1n) is 9.03. The number of benzene rings is 1. The molecule has 0 aliphatic carbocycles. The van der Waals surface area contributed by atoms with Gasteiger partial charge in [0.05, 0.1) is 11.8 Å². The Bertz CT molecular complexity index is 957. The number of nitrogens with zero attached hydrogens (tertiary/aromatic N) is 4. The van der Waals surface area contributed by atoms with Gasteiger partial charge >= 0.3 is 0 Å². The van der Waals surface area contributed by atoms with Crippen LogP contribution < -0.4 is 10.6 Å². The molecule has 3 rings (SSSR count). The van der Waals surface area contributed by atoms with Gasteiger partial charge in [0.2, 0.25) is 5.91 Å². The number of hydrogen-bond donors (Lipinski definition) is 2. The van der Waals surface area contributed by atoms with E-state index in [1.165, 1.54) is 23.1 Å². The molecule has 0 saturated heterocycles. The van der Waals surface area contributed by atoms with Crippen LogP contribution in [-0.4, -0.2) is 37.3 Å². The van der Waals surface area contributed by atoms with E-state index in [1.807, 2.05) is 43.7 Å². The zero-order valence-electron chi connectivity index (χ0n) is 16.3. The summed E-state index contributed by atoms with van der Waals surface area (Å²) in [5.74, 6) is 0.620. The first-order chi connectivity index (χ1) is 14.0. The van der Waals surface area contributed by atoms with Gasteiger partial charge in [-0.2, -0.15) is 0 Å². The molecule has 0 unspecified atom stereocenters. The van der Waals surface area contributed by atoms with Crippen molar-refractivity contribution in [2.75, 3.05) is 11.1 Å². The normalized spacial score (nSPS) is 12.0. The van der Waals surface area contributed by atoms with Gasteiger partial charge in [0, 0.05) is 24.2 Å². The molecule has 10 heteroatoms. The molecule has 8 nitrogen and oxygen atoms in total. The highest BCUT2D eigenvalue weighted by molar-refractivity contribution is 7.99. The van der Waals surface area contributed by atoms with Gasteiger partial charge in [0.1, 0.15) is 0 Å². The number of thiazole rings is 1. The Morgan fingerprint density at radius 2 is 1.97 bits per heavy atom. The number of hydrogen-bond acceptors (Lipinski definition) is 7. The molecular formula is C19H22N6O2S2. The Morgan fingerprint density at radius 3 is 2.62 bits per heavy atom. The number of carbonyl (C=O) groups is 2. The lowest BCUT2D eigenvalue weighted by molar-refractivity contribution is -0.113. The van der Waals surface area contributed by atoms with Crippen LogP contribution in [0.15, 0.2) is 47.1 Å². The first kappa shape index (κ1) is 21.0. The Kier molecular flexibility index (Phi) is 6.99. The highest BCUT2D eigenvalue weighted by Gasteiger charge is 2.25. The van der Waals surface area contributed by atoms with E-state index in [0.29, 0.717) is 21.7 Å². The second-order valence-corrected chi connectivity index (χ2v) is 8.47. The number of carbonyl (C=O) groups excluding carboxylic acids is 2. The Morgan fingerprint density at radius 1 is 1.21 bits per heavy atom. The van der Waals surface area contributed by atoms with E-state index in [1.54, 1.807) is 23.7 Å². The maximum atomic E-state index is 12.6. The topological polar surface area (TPSA) is 102 Å². The Labute approximate surface area is 177 Å². The Balaban J connectivity index is 1.66. The lowest BCUT2D eigenvalue weighted by Crippen LogP contribution is -2.33. The number of anilines is 1. The van der Waals surface area contributed by atoms with Gasteiger partial charge < -0.3 is 15.2 Å². The van der Waals surface area contributed by atoms with Crippen LogP contribution >= 0.6 is 23.1 Å². The van der Waals surface area contributed by atoms with Crippen molar-refractivity contribution in [2.24, 2.45) is 13.0 Å². The summed E-state index contributed by atoms with van der Waals surface area (Å²) in [7, 11) is 1.83. The van der Waals surface area contributed by atoms with Crippen molar-refractivity contribution >= 4 is 40.0 Å². The van der Waals surface area contributed by atoms with Crippen molar-refractivity contribution in [2.45, 2.75) is 25.0 Å². The van der Waals surface area contributed by atoms with Crippen molar-refractivity contribution < 1.29 is 9.59 Å². The number of nitrogens with one attached hydrogen (secondary N) is 2. The molecule has 0 fully saturated rings. The smallest absolute Gasteiger partial charge is 0.251 e. The molecule has 0 aliphatic heterocycles. The minimum absolute atomic E-state index is 0.108. The third-order valence-electron chi connectivity index (χ3n) is 4.15. The molecule has 2 aromatic heterocycles. The molecular weight excluding hydrogens is 408 g/mol. The highest BCUT2D eigenvalue weighted by Crippen LogP contribution is 2.24. The summed E-state index contributed by atoms with van der Waals surface area (Å²) in [6.45, 7) is 4.03. The number of aromatic nitrogens is 4. The zero-order chi connectivity index (χ0) is 20.8. The molecule has 1 atom stereocenters. The van der Waals surface area contributed by atoms with E-state index in [4.69, 9.17) is 0 Å². The number of rotatable bonds is 8. The van der Waals surface area contributed by atoms with Gasteiger partial charge in [-0.1, -0.05) is 43.8 Å². The fraction of sp³-hybridized carbons (Fsp3) is 0.316. The number of amides is 2. The average molecular weight is 431 g/mol. The van der Waals surface area contributed by atoms with Crippen LogP contribution in [-0.2, 0) is 11.8 Å². The monoisotopic (exact) mass is 430 g/mol. The first-order valence-corrected chi connectivity index (χ1v) is 10.9. The third kappa shape index (κ3) is 5.42. The van der Waals surface area contributed by atoms with Crippen molar-refractivity contribution in [1.82, 2.24) is 25.1 Å². The van der Waals surface area contributed by atoms with Gasteiger partial charge in [-0.15, -0.1) is 21.5 Å². The minimum atomic E-state index is -0.307. The van der Waals surface area contributed by atoms with Crippen LogP contribution in [0, 0.1) is 5.92 Å². The molecule has 3 aromatic rings. The Hall–Kier alpha value is -2.72. The molecule has 2 N–H and O–H groups in total. The molecule has 0 radical (unpaired) electrons. The molecule has 0 saturated carbocycles. The molecule has 29 heavy (non-hydrogen) atoms. The van der Waals surface area contributed by atoms with Crippen LogP contribution in [0.25, 0.3) is 0 Å². The van der Waals surface area contributed by atoms with Crippen LogP contribution in [0.2, 0.25) is 0 Å². The molecule has 2 heterocycles. The van der Waals surface area contributed by atoms with E-state index in [2.05, 4.69) is 25.8 Å². The highest BCUT2D eigenvalue weighted by atomic mass is 32.2. The van der Waals surface area contributed by atoms with Gasteiger partial charge in [-0.05, 0) is 18.1 Å². The van der Waals surface area contributed by atoms with Crippen molar-refractivity contribution in [3.8, 4) is 0 Å². The predicted molar refractivity (Wildman–Crippen MR) is 114 cm³/mol. The van der Waals surface area contributed by atoms with Crippen LogP contribution in [0.3, 0.4) is 0 Å². The largest absolute Gasteiger partial charge is 0.342 e. The van der Waals surface area contributed by atoms with Gasteiger partial charge in [-0.3, -0.25) is 9.59 Å². The lowest BCUT2D eigenvalue weighted by Gasteiger charge is -2.21. The van der Waals surface area contributed by atoms with E-state index in [0.717, 1.165) is 0 Å². The molecule has 0 spiro atoms. The SMILES string of the molecule is CC(C)[C@H](NC(=O)c1ccccc1)c1nnc(SCC(=O)Nc2nccs2)n1C. The zero-order valence-corrected chi connectivity index (χ0v) is 18.0. The summed E-state index contributed by atoms with van der Waals surface area (Å²) in [5, 5.41) is 17.2. The summed E-state index contributed by atoms with van der Waals surface area (Å²) in [6, 6.07) is 8.75. The van der Waals surface area contributed by atoms with Crippen molar-refractivity contribution in [3.05, 3.63) is 53.3 Å². The summed E-state index contributed by atoms with van der Waals surface area (Å²) in [4.78, 5) is 28.7. The van der Waals surface area contributed by atoms with E-state index < -0.39 is 0 Å². The average Bonchev–Trinajstić information content (AvgIpc) is 3.34. The van der Waals surface area contributed by atoms with E-state index >= 15 is 0 Å². The second-order valence-electron chi connectivity index (χ2n) is 6.64. The predicted octanol–water partition coefficient (Wildman–Crippen LogP) is 3.13. The van der Waals surface area contributed by atoms with Crippen LogP contribution in [0.1, 0.15) is 36.1 Å². The fourth-order valence-corrected chi connectivity index (χ4v) is 3.90. The van der Waals surface area contributed by atoms with E-state index in [9.17, 15) is 9.59 Å². The third-order valence-corrected chi connectivity index (χ3v) is 5.86. The minimum Gasteiger partial charge on any atom is -0.342 e. The molecule has 152 valence electrons. The molecule has 0 aliphatic rings. The summed E-state index contributed by atoms with van der Waals surface area (Å²) >= 11 is 2.65. The summed E-state index contributed by atoms with van der Waals surface area (Å²) < 4.78 is 1.82. The molecule has 0 bridgehead atoms. The number of thioether (sulfide) groups is 1. The van der Waals surface area contributed by atoms with Crippen molar-refractivity contribution in [3.63, 3.8) is 0 Å². The lowest BCUT2D eigenvalue weighted by atomic mass is 10.0. The quantitative estimate of drug-likeness (QED) is 0.533. The maximum Gasteiger partial charge on any atom is 0.251 e. The maximum absolute atomic E-state index is 12.6. The fourth-order valence-electron chi connectivity index (χ4n) is 2.64. The van der Waals surface area contributed by atoms with Gasteiger partial charge in [0.15, 0.2) is 16.1 Å². The van der Waals surface area contributed by atoms with Crippen LogP contribution in [0.4, 0.5) is 5.13 Å². The van der Waals surface area contributed by atoms with Crippen molar-refractivity contribution in [1.29, 1.82) is 0 Å². The summed E-state index contributed by atoms with van der Waals surface area (Å²) in [6.07, 6.45) is 1.64. The standard InChI is InChI=1S/C19H22N6O2S2/c1-12(2)15(22-17(27)13-7-5-4-6-8-13)16-23-24-19(25(16)3)29-11-14(26)21-18-20-9-10-28-18/h4-10,12,15H,11H2,1-3H3,(H,22,27)(H,20,21,26)/t15-/m0/s1. The van der Waals surface area contributed by atoms with E-state index in [-0.39, 0.29) is 29.5 Å². The second kappa shape index (κ2) is 9.66. The van der Waals surface area contributed by atoms with Gasteiger partial charge in [0.25, 0.3) is 5.91 Å². The van der Waals surface area contributed by atoms with Gasteiger partial charge in [-0.25, -0.2) is 4.98 Å².